The molecule has 6 unspecified atom stereocenters. The molecule has 1 aromatic rings. The summed E-state index contributed by atoms with van der Waals surface area (Å²) in [6.45, 7) is 1.96. The van der Waals surface area contributed by atoms with Gasteiger partial charge in [0.1, 0.15) is 17.8 Å². The number of aliphatic hydroxyl groups is 2. The van der Waals surface area contributed by atoms with Gasteiger partial charge in [-0.3, -0.25) is 19.4 Å². The molecule has 0 bridgehead atoms. The number of nitrogens with two attached hydrogens (primary N) is 2. The second-order valence-electron chi connectivity index (χ2n) is 10.9. The van der Waals surface area contributed by atoms with Crippen molar-refractivity contribution in [1.29, 1.82) is 0 Å². The second kappa shape index (κ2) is 14.8. The zero-order valence-corrected chi connectivity index (χ0v) is 23.2. The number of phenols is 1. The minimum atomic E-state index is -0.926. The van der Waals surface area contributed by atoms with Crippen LogP contribution in [0, 0.1) is 5.92 Å². The summed E-state index contributed by atoms with van der Waals surface area (Å²) in [7, 11) is 0. The highest BCUT2D eigenvalue weighted by molar-refractivity contribution is 5.93. The molecular formula is C28H44N6O6. The molecule has 1 heterocycles. The fourth-order valence-electron chi connectivity index (χ4n) is 5.78. The fraction of sp³-hybridized carbons (Fsp3) is 0.643. The summed E-state index contributed by atoms with van der Waals surface area (Å²) in [6.07, 6.45) is 3.56. The Kier molecular flexibility index (Phi) is 11.6. The molecule has 1 saturated carbocycles. The monoisotopic (exact) mass is 560 g/mol. The van der Waals surface area contributed by atoms with E-state index in [4.69, 9.17) is 11.5 Å². The predicted octanol–water partition coefficient (Wildman–Crippen LogP) is -0.119. The number of aliphatic imine (C=N–C) groups is 1. The molecule has 9 N–H and O–H groups in total. The maximum Gasteiger partial charge on any atom is 0.246 e. The van der Waals surface area contributed by atoms with Crippen molar-refractivity contribution in [1.82, 2.24) is 15.5 Å². The van der Waals surface area contributed by atoms with E-state index in [0.29, 0.717) is 51.5 Å². The lowest BCUT2D eigenvalue weighted by molar-refractivity contribution is -0.144. The summed E-state index contributed by atoms with van der Waals surface area (Å²) in [5.74, 6) is -0.913. The number of amides is 3. The molecule has 40 heavy (non-hydrogen) atoms. The van der Waals surface area contributed by atoms with E-state index in [2.05, 4.69) is 15.6 Å². The summed E-state index contributed by atoms with van der Waals surface area (Å²) in [5.41, 5.74) is 11.5. The van der Waals surface area contributed by atoms with Crippen LogP contribution in [-0.4, -0.2) is 87.3 Å². The third-order valence-electron chi connectivity index (χ3n) is 7.76. The van der Waals surface area contributed by atoms with Crippen LogP contribution in [0.1, 0.15) is 63.9 Å². The van der Waals surface area contributed by atoms with Gasteiger partial charge in [0.2, 0.25) is 17.7 Å². The number of likely N-dealkylation sites (tertiary alicyclic amines) is 1. The Morgan fingerprint density at radius 1 is 1.12 bits per heavy atom. The van der Waals surface area contributed by atoms with Gasteiger partial charge in [0.25, 0.3) is 0 Å². The minimum Gasteiger partial charge on any atom is -0.508 e. The molecule has 0 aromatic heterocycles. The molecule has 1 saturated heterocycles. The van der Waals surface area contributed by atoms with Crippen LogP contribution in [0.3, 0.4) is 0 Å². The third-order valence-corrected chi connectivity index (χ3v) is 7.76. The predicted molar refractivity (Wildman–Crippen MR) is 150 cm³/mol. The minimum absolute atomic E-state index is 0.0256. The van der Waals surface area contributed by atoms with E-state index in [-0.39, 0.29) is 60.8 Å². The Morgan fingerprint density at radius 2 is 1.85 bits per heavy atom. The number of carbonyl (C=O) groups is 3. The van der Waals surface area contributed by atoms with E-state index in [9.17, 15) is 29.7 Å². The molecule has 2 aliphatic rings. The molecule has 3 amide bonds. The summed E-state index contributed by atoms with van der Waals surface area (Å²) < 4.78 is 0. The Balaban J connectivity index is 1.83. The van der Waals surface area contributed by atoms with Crippen molar-refractivity contribution in [3.05, 3.63) is 29.8 Å². The highest BCUT2D eigenvalue weighted by Crippen LogP contribution is 2.40. The second-order valence-corrected chi connectivity index (χ2v) is 10.9. The van der Waals surface area contributed by atoms with E-state index >= 15 is 0 Å². The molecule has 222 valence electrons. The zero-order valence-electron chi connectivity index (χ0n) is 23.2. The topological polar surface area (TPSA) is 204 Å². The molecule has 1 aliphatic heterocycles. The number of rotatable bonds is 13. The Bertz CT molecular complexity index is 1030. The maximum absolute atomic E-state index is 14.2. The van der Waals surface area contributed by atoms with Crippen LogP contribution in [0.15, 0.2) is 29.3 Å². The molecular weight excluding hydrogens is 516 g/mol. The summed E-state index contributed by atoms with van der Waals surface area (Å²) in [5, 5.41) is 35.8. The molecule has 6 atom stereocenters. The number of aromatic hydroxyl groups is 1. The molecule has 12 heteroatoms. The quantitative estimate of drug-likeness (QED) is 0.0982. The average Bonchev–Trinajstić information content (AvgIpc) is 3.29. The fourth-order valence-corrected chi connectivity index (χ4v) is 5.78. The van der Waals surface area contributed by atoms with Crippen molar-refractivity contribution >= 4 is 23.7 Å². The number of benzene rings is 1. The number of nitrogens with one attached hydrogen (secondary N) is 2. The van der Waals surface area contributed by atoms with Gasteiger partial charge < -0.3 is 42.3 Å². The van der Waals surface area contributed by atoms with E-state index in [1.54, 1.807) is 17.0 Å². The summed E-state index contributed by atoms with van der Waals surface area (Å²) in [6, 6.07) is 3.82. The van der Waals surface area contributed by atoms with Crippen molar-refractivity contribution in [2.75, 3.05) is 13.2 Å². The van der Waals surface area contributed by atoms with E-state index < -0.39 is 24.2 Å². The SMILES string of the molecule is CCCC(=O)NC(Cc1ccc(O)cc1)C(=O)N1C(C(=O)NC(CO)CCCN=C(N)N)CC2CCC(O)CC21. The highest BCUT2D eigenvalue weighted by Gasteiger charge is 2.50. The first kappa shape index (κ1) is 31.2. The Morgan fingerprint density at radius 3 is 2.50 bits per heavy atom. The van der Waals surface area contributed by atoms with Crippen LogP contribution in [0.4, 0.5) is 0 Å². The molecule has 2 fully saturated rings. The van der Waals surface area contributed by atoms with Crippen LogP contribution < -0.4 is 22.1 Å². The van der Waals surface area contributed by atoms with Crippen molar-refractivity contribution < 1.29 is 29.7 Å². The first-order chi connectivity index (χ1) is 19.1. The number of hydrogen-bond acceptors (Lipinski definition) is 7. The normalized spacial score (nSPS) is 23.5. The number of nitrogens with zero attached hydrogens (tertiary/aromatic N) is 2. The molecule has 1 aromatic carbocycles. The van der Waals surface area contributed by atoms with Crippen LogP contribution >= 0.6 is 0 Å². The van der Waals surface area contributed by atoms with Gasteiger partial charge in [-0.15, -0.1) is 0 Å². The molecule has 1 aliphatic carbocycles. The lowest BCUT2D eigenvalue weighted by atomic mass is 9.83. The van der Waals surface area contributed by atoms with Gasteiger partial charge in [-0.05, 0) is 68.6 Å². The molecule has 3 rings (SSSR count). The van der Waals surface area contributed by atoms with Crippen molar-refractivity contribution in [3.63, 3.8) is 0 Å². The van der Waals surface area contributed by atoms with Gasteiger partial charge in [0.15, 0.2) is 5.96 Å². The van der Waals surface area contributed by atoms with E-state index in [1.165, 1.54) is 12.1 Å². The number of fused-ring (bicyclic) bond motifs is 1. The zero-order chi connectivity index (χ0) is 29.2. The van der Waals surface area contributed by atoms with Crippen LogP contribution in [0.25, 0.3) is 0 Å². The largest absolute Gasteiger partial charge is 0.508 e. The average molecular weight is 561 g/mol. The standard InChI is InChI=1S/C28H44N6O6/c1-2-4-25(38)33-22(13-17-6-9-20(36)10-7-17)27(40)34-23-15-21(37)11-8-18(23)14-24(34)26(39)32-19(16-35)5-3-12-31-28(29)30/h6-7,9-10,18-19,21-24,35-37H,2-5,8,11-16H2,1H3,(H,32,39)(H,33,38)(H4,29,30,31). The summed E-state index contributed by atoms with van der Waals surface area (Å²) >= 11 is 0. The van der Waals surface area contributed by atoms with Gasteiger partial charge in [-0.2, -0.15) is 0 Å². The first-order valence-corrected chi connectivity index (χ1v) is 14.2. The lowest BCUT2D eigenvalue weighted by Crippen LogP contribution is -2.58. The van der Waals surface area contributed by atoms with Gasteiger partial charge in [-0.25, -0.2) is 0 Å². The van der Waals surface area contributed by atoms with E-state index in [1.807, 2.05) is 6.92 Å². The smallest absolute Gasteiger partial charge is 0.246 e. The van der Waals surface area contributed by atoms with Crippen molar-refractivity contribution in [2.45, 2.75) is 95.0 Å². The Labute approximate surface area is 235 Å². The van der Waals surface area contributed by atoms with Crippen molar-refractivity contribution in [2.24, 2.45) is 22.4 Å². The van der Waals surface area contributed by atoms with Gasteiger partial charge in [0, 0.05) is 25.4 Å². The van der Waals surface area contributed by atoms with Gasteiger partial charge in [0.05, 0.1) is 18.8 Å². The van der Waals surface area contributed by atoms with Crippen LogP contribution in [0.5, 0.6) is 5.75 Å². The Hall–Kier alpha value is -3.38. The number of carbonyl (C=O) groups excluding carboxylic acids is 3. The third kappa shape index (κ3) is 8.56. The van der Waals surface area contributed by atoms with Gasteiger partial charge >= 0.3 is 0 Å². The molecule has 0 radical (unpaired) electrons. The van der Waals surface area contributed by atoms with Crippen molar-refractivity contribution in [3.8, 4) is 5.75 Å². The summed E-state index contributed by atoms with van der Waals surface area (Å²) in [4.78, 5) is 45.9. The number of aliphatic hydroxyl groups excluding tert-OH is 2. The van der Waals surface area contributed by atoms with E-state index in [0.717, 1.165) is 5.56 Å². The maximum atomic E-state index is 14.2. The molecule has 0 spiro atoms. The van der Waals surface area contributed by atoms with Crippen LogP contribution in [0.2, 0.25) is 0 Å². The highest BCUT2D eigenvalue weighted by atomic mass is 16.3. The van der Waals surface area contributed by atoms with Gasteiger partial charge in [-0.1, -0.05) is 19.1 Å². The van der Waals surface area contributed by atoms with Crippen LogP contribution in [-0.2, 0) is 20.8 Å². The number of guanidine groups is 1. The molecule has 12 nitrogen and oxygen atoms in total. The lowest BCUT2D eigenvalue weighted by Gasteiger charge is -2.37. The number of phenolic OH excluding ortho intramolecular Hbond substituents is 1. The number of hydrogen-bond donors (Lipinski definition) is 7. The first-order valence-electron chi connectivity index (χ1n) is 14.2.